The molecule has 1 amide bonds. The second kappa shape index (κ2) is 5.95. The predicted octanol–water partition coefficient (Wildman–Crippen LogP) is 2.88. The number of rotatable bonds is 4. The van der Waals surface area contributed by atoms with Crippen molar-refractivity contribution in [2.24, 2.45) is 5.92 Å². The molecule has 0 bridgehead atoms. The van der Waals surface area contributed by atoms with Gasteiger partial charge in [-0.15, -0.1) is 0 Å². The van der Waals surface area contributed by atoms with Crippen LogP contribution in [-0.2, 0) is 4.79 Å². The molecule has 3 rings (SSSR count). The van der Waals surface area contributed by atoms with Gasteiger partial charge in [0, 0.05) is 12.5 Å². The number of benzene rings is 1. The van der Waals surface area contributed by atoms with Crippen molar-refractivity contribution in [3.8, 4) is 0 Å². The minimum absolute atomic E-state index is 0.173. The van der Waals surface area contributed by atoms with Gasteiger partial charge in [0.1, 0.15) is 0 Å². The molecule has 120 valence electrons. The van der Waals surface area contributed by atoms with Crippen LogP contribution in [0, 0.1) is 17.6 Å². The number of hydrogen-bond acceptors (Lipinski definition) is 2. The molecular formula is C17H21F2NO2. The highest BCUT2D eigenvalue weighted by atomic mass is 19.2. The number of amides is 1. The van der Waals surface area contributed by atoms with E-state index in [1.165, 1.54) is 12.1 Å². The lowest BCUT2D eigenvalue weighted by atomic mass is 9.85. The summed E-state index contributed by atoms with van der Waals surface area (Å²) in [5.74, 6) is -2.47. The quantitative estimate of drug-likeness (QED) is 0.898. The van der Waals surface area contributed by atoms with E-state index < -0.39 is 17.2 Å². The first kappa shape index (κ1) is 15.4. The fourth-order valence-corrected chi connectivity index (χ4v) is 3.40. The van der Waals surface area contributed by atoms with Crippen LogP contribution in [0.5, 0.6) is 0 Å². The molecule has 0 saturated heterocycles. The highest BCUT2D eigenvalue weighted by Crippen LogP contribution is 2.48. The summed E-state index contributed by atoms with van der Waals surface area (Å²) in [6, 6.07) is 4.08. The first-order valence-corrected chi connectivity index (χ1v) is 7.94. The van der Waals surface area contributed by atoms with Crippen molar-refractivity contribution in [3.63, 3.8) is 0 Å². The van der Waals surface area contributed by atoms with E-state index in [0.717, 1.165) is 25.3 Å². The highest BCUT2D eigenvalue weighted by Gasteiger charge is 2.46. The lowest BCUT2D eigenvalue weighted by molar-refractivity contribution is -0.124. The standard InChI is InChI=1S/C17H21F2NO2/c18-14-6-4-5-11(15(14)19)12-9-13(12)16(21)20-10-17(22)7-2-1-3-8-17/h4-6,12-13,22H,1-3,7-10H2,(H,20,21). The van der Waals surface area contributed by atoms with Gasteiger partial charge in [-0.1, -0.05) is 31.4 Å². The first-order chi connectivity index (χ1) is 10.5. The third-order valence-electron chi connectivity index (χ3n) is 4.88. The van der Waals surface area contributed by atoms with E-state index in [1.54, 1.807) is 0 Å². The molecule has 2 aliphatic rings. The Morgan fingerprint density at radius 3 is 2.73 bits per heavy atom. The van der Waals surface area contributed by atoms with Gasteiger partial charge in [0.2, 0.25) is 5.91 Å². The lowest BCUT2D eigenvalue weighted by Gasteiger charge is -2.32. The zero-order chi connectivity index (χ0) is 15.7. The van der Waals surface area contributed by atoms with Crippen LogP contribution in [0.3, 0.4) is 0 Å². The van der Waals surface area contributed by atoms with Crippen LogP contribution >= 0.6 is 0 Å². The molecule has 3 nitrogen and oxygen atoms in total. The van der Waals surface area contributed by atoms with Gasteiger partial charge in [-0.2, -0.15) is 0 Å². The van der Waals surface area contributed by atoms with E-state index in [4.69, 9.17) is 0 Å². The topological polar surface area (TPSA) is 49.3 Å². The zero-order valence-corrected chi connectivity index (χ0v) is 12.4. The molecule has 2 atom stereocenters. The lowest BCUT2D eigenvalue weighted by Crippen LogP contribution is -2.44. The minimum Gasteiger partial charge on any atom is -0.388 e. The van der Waals surface area contributed by atoms with Gasteiger partial charge in [-0.05, 0) is 36.8 Å². The van der Waals surface area contributed by atoms with Crippen molar-refractivity contribution < 1.29 is 18.7 Å². The van der Waals surface area contributed by atoms with E-state index in [9.17, 15) is 18.7 Å². The van der Waals surface area contributed by atoms with Crippen LogP contribution < -0.4 is 5.32 Å². The second-order valence-electron chi connectivity index (χ2n) is 6.59. The molecular weight excluding hydrogens is 288 g/mol. The van der Waals surface area contributed by atoms with Crippen molar-refractivity contribution >= 4 is 5.91 Å². The summed E-state index contributed by atoms with van der Waals surface area (Å²) in [5, 5.41) is 13.1. The van der Waals surface area contributed by atoms with E-state index in [1.807, 2.05) is 0 Å². The first-order valence-electron chi connectivity index (χ1n) is 7.94. The monoisotopic (exact) mass is 309 g/mol. The van der Waals surface area contributed by atoms with Gasteiger partial charge >= 0.3 is 0 Å². The molecule has 2 N–H and O–H groups in total. The Labute approximate surface area is 128 Å². The Balaban J connectivity index is 1.55. The Morgan fingerprint density at radius 1 is 1.27 bits per heavy atom. The summed E-state index contributed by atoms with van der Waals surface area (Å²) in [7, 11) is 0. The number of halogens is 2. The average Bonchev–Trinajstić information content (AvgIpc) is 3.29. The number of hydrogen-bond donors (Lipinski definition) is 2. The SMILES string of the molecule is O=C(NCC1(O)CCCCC1)C1CC1c1cccc(F)c1F. The molecule has 2 unspecified atom stereocenters. The maximum atomic E-state index is 13.7. The van der Waals surface area contributed by atoms with Gasteiger partial charge < -0.3 is 10.4 Å². The smallest absolute Gasteiger partial charge is 0.223 e. The number of aliphatic hydroxyl groups is 1. The molecule has 0 radical (unpaired) electrons. The average molecular weight is 309 g/mol. The summed E-state index contributed by atoms with van der Waals surface area (Å²) in [4.78, 5) is 12.1. The van der Waals surface area contributed by atoms with Gasteiger partial charge in [0.05, 0.1) is 5.60 Å². The fraction of sp³-hybridized carbons (Fsp3) is 0.588. The Morgan fingerprint density at radius 2 is 2.00 bits per heavy atom. The Kier molecular flexibility index (Phi) is 4.17. The molecule has 0 aromatic heterocycles. The molecule has 5 heteroatoms. The van der Waals surface area contributed by atoms with Crippen LogP contribution in [-0.4, -0.2) is 23.2 Å². The number of nitrogens with one attached hydrogen (secondary N) is 1. The van der Waals surface area contributed by atoms with Crippen LogP contribution in [0.25, 0.3) is 0 Å². The van der Waals surface area contributed by atoms with Crippen molar-refractivity contribution in [2.45, 2.75) is 50.0 Å². The highest BCUT2D eigenvalue weighted by molar-refractivity contribution is 5.83. The number of carbonyl (C=O) groups excluding carboxylic acids is 1. The molecule has 2 fully saturated rings. The Bertz CT molecular complexity index is 570. The third kappa shape index (κ3) is 3.14. The van der Waals surface area contributed by atoms with Crippen LogP contribution in [0.2, 0.25) is 0 Å². The van der Waals surface area contributed by atoms with Gasteiger partial charge in [-0.25, -0.2) is 8.78 Å². The van der Waals surface area contributed by atoms with E-state index >= 15 is 0 Å². The van der Waals surface area contributed by atoms with Gasteiger partial charge in [0.25, 0.3) is 0 Å². The van der Waals surface area contributed by atoms with Crippen molar-refractivity contribution in [1.82, 2.24) is 5.32 Å². The molecule has 1 aromatic carbocycles. The minimum atomic E-state index is -0.875. The van der Waals surface area contributed by atoms with E-state index in [2.05, 4.69) is 5.32 Å². The fourth-order valence-electron chi connectivity index (χ4n) is 3.40. The summed E-state index contributed by atoms with van der Waals surface area (Å²) in [6.45, 7) is 0.251. The van der Waals surface area contributed by atoms with Crippen LogP contribution in [0.4, 0.5) is 8.78 Å². The zero-order valence-electron chi connectivity index (χ0n) is 12.4. The van der Waals surface area contributed by atoms with Crippen molar-refractivity contribution in [1.29, 1.82) is 0 Å². The second-order valence-corrected chi connectivity index (χ2v) is 6.59. The Hall–Kier alpha value is -1.49. The van der Waals surface area contributed by atoms with E-state index in [-0.39, 0.29) is 29.9 Å². The molecule has 1 aromatic rings. The summed E-state index contributed by atoms with van der Waals surface area (Å²) < 4.78 is 26.9. The molecule has 22 heavy (non-hydrogen) atoms. The molecule has 0 aliphatic heterocycles. The summed E-state index contributed by atoms with van der Waals surface area (Å²) >= 11 is 0. The van der Waals surface area contributed by atoms with Gasteiger partial charge in [0.15, 0.2) is 11.6 Å². The molecule has 0 spiro atoms. The van der Waals surface area contributed by atoms with Crippen molar-refractivity contribution in [2.75, 3.05) is 6.54 Å². The normalized spacial score (nSPS) is 26.5. The molecule has 2 aliphatic carbocycles. The third-order valence-corrected chi connectivity index (χ3v) is 4.88. The van der Waals surface area contributed by atoms with E-state index in [0.29, 0.717) is 19.3 Å². The summed E-state index contributed by atoms with van der Waals surface area (Å²) in [6.07, 6.45) is 5.03. The van der Waals surface area contributed by atoms with Crippen molar-refractivity contribution in [3.05, 3.63) is 35.4 Å². The molecule has 0 heterocycles. The number of carbonyl (C=O) groups is 1. The summed E-state index contributed by atoms with van der Waals surface area (Å²) in [5.41, 5.74) is -0.529. The molecule has 2 saturated carbocycles. The maximum absolute atomic E-state index is 13.7. The predicted molar refractivity (Wildman–Crippen MR) is 78.3 cm³/mol. The van der Waals surface area contributed by atoms with Crippen LogP contribution in [0.1, 0.15) is 50.0 Å². The largest absolute Gasteiger partial charge is 0.388 e. The maximum Gasteiger partial charge on any atom is 0.223 e. The van der Waals surface area contributed by atoms with Gasteiger partial charge in [-0.3, -0.25) is 4.79 Å². The van der Waals surface area contributed by atoms with Crippen LogP contribution in [0.15, 0.2) is 18.2 Å².